The van der Waals surface area contributed by atoms with E-state index in [-0.39, 0.29) is 29.8 Å². The number of aromatic nitrogens is 2. The number of piperidine rings is 2. The third kappa shape index (κ3) is 6.18. The quantitative estimate of drug-likeness (QED) is 0.537. The van der Waals surface area contributed by atoms with Crippen LogP contribution in [0, 0.1) is 5.92 Å². The Labute approximate surface area is 213 Å². The molecule has 0 bridgehead atoms. The highest BCUT2D eigenvalue weighted by Crippen LogP contribution is 2.29. The number of benzene rings is 1. The van der Waals surface area contributed by atoms with E-state index in [0.29, 0.717) is 48.9 Å². The third-order valence-corrected chi connectivity index (χ3v) is 7.32. The van der Waals surface area contributed by atoms with Crippen LogP contribution >= 0.6 is 11.6 Å². The second-order valence-electron chi connectivity index (χ2n) is 9.98. The summed E-state index contributed by atoms with van der Waals surface area (Å²) in [6.07, 6.45) is 4.17. The number of nitrogens with zero attached hydrogens (tertiary/aromatic N) is 4. The fraction of sp³-hybridized carbons (Fsp3) is 0.593. The fourth-order valence-electron chi connectivity index (χ4n) is 5.05. The average Bonchev–Trinajstić information content (AvgIpc) is 3.30. The molecule has 35 heavy (non-hydrogen) atoms. The molecule has 1 aromatic heterocycles. The summed E-state index contributed by atoms with van der Waals surface area (Å²) in [5.74, 6) is 0.986. The van der Waals surface area contributed by atoms with Crippen LogP contribution in [0.15, 0.2) is 30.3 Å². The molecule has 2 atom stereocenters. The first-order valence-electron chi connectivity index (χ1n) is 12.9. The molecule has 0 unspecified atom stereocenters. The van der Waals surface area contributed by atoms with Gasteiger partial charge in [0.2, 0.25) is 5.91 Å². The van der Waals surface area contributed by atoms with Crippen LogP contribution in [0.3, 0.4) is 0 Å². The van der Waals surface area contributed by atoms with Crippen molar-refractivity contribution < 1.29 is 14.3 Å². The van der Waals surface area contributed by atoms with Crippen molar-refractivity contribution in [2.45, 2.75) is 71.4 Å². The summed E-state index contributed by atoms with van der Waals surface area (Å²) in [7, 11) is 0. The molecule has 1 aromatic carbocycles. The van der Waals surface area contributed by atoms with Crippen molar-refractivity contribution in [1.82, 2.24) is 19.6 Å². The molecule has 0 saturated carbocycles. The van der Waals surface area contributed by atoms with Gasteiger partial charge in [0.05, 0.1) is 5.69 Å². The summed E-state index contributed by atoms with van der Waals surface area (Å²) in [5.41, 5.74) is 1.54. The van der Waals surface area contributed by atoms with Gasteiger partial charge < -0.3 is 14.5 Å². The van der Waals surface area contributed by atoms with E-state index in [1.807, 2.05) is 41.0 Å². The van der Waals surface area contributed by atoms with E-state index in [0.717, 1.165) is 31.6 Å². The number of aryl methyl sites for hydroxylation is 1. The molecular weight excluding hydrogens is 464 g/mol. The molecule has 2 aliphatic heterocycles. The maximum atomic E-state index is 13.6. The molecule has 4 rings (SSSR count). The number of carbonyl (C=O) groups is 2. The summed E-state index contributed by atoms with van der Waals surface area (Å²) in [5, 5.41) is 5.24. The van der Waals surface area contributed by atoms with E-state index >= 15 is 0 Å². The van der Waals surface area contributed by atoms with E-state index in [1.165, 1.54) is 6.42 Å². The molecule has 0 radical (unpaired) electrons. The molecule has 2 saturated heterocycles. The Morgan fingerprint density at radius 1 is 1.11 bits per heavy atom. The van der Waals surface area contributed by atoms with Crippen LogP contribution in [0.1, 0.15) is 75.0 Å². The highest BCUT2D eigenvalue weighted by atomic mass is 35.5. The lowest BCUT2D eigenvalue weighted by Gasteiger charge is -2.39. The van der Waals surface area contributed by atoms with Crippen molar-refractivity contribution in [3.63, 3.8) is 0 Å². The highest BCUT2D eigenvalue weighted by Gasteiger charge is 2.36. The van der Waals surface area contributed by atoms with Gasteiger partial charge in [-0.25, -0.2) is 0 Å². The molecule has 190 valence electrons. The molecule has 2 aliphatic rings. The minimum Gasteiger partial charge on any atom is -0.490 e. The second kappa shape index (κ2) is 11.5. The van der Waals surface area contributed by atoms with Crippen molar-refractivity contribution in [2.75, 3.05) is 26.2 Å². The Kier molecular flexibility index (Phi) is 8.37. The number of halogens is 1. The zero-order chi connectivity index (χ0) is 24.9. The Morgan fingerprint density at radius 3 is 2.57 bits per heavy atom. The van der Waals surface area contributed by atoms with Gasteiger partial charge in [-0.15, -0.1) is 0 Å². The van der Waals surface area contributed by atoms with Gasteiger partial charge in [-0.2, -0.15) is 5.10 Å². The van der Waals surface area contributed by atoms with E-state index in [9.17, 15) is 9.59 Å². The lowest BCUT2D eigenvalue weighted by molar-refractivity contribution is -0.134. The lowest BCUT2D eigenvalue weighted by atomic mass is 9.90. The molecule has 0 spiro atoms. The van der Waals surface area contributed by atoms with Crippen LogP contribution in [0.5, 0.6) is 5.75 Å². The Bertz CT molecular complexity index is 1030. The zero-order valence-electron chi connectivity index (χ0n) is 21.1. The Morgan fingerprint density at radius 2 is 1.89 bits per heavy atom. The van der Waals surface area contributed by atoms with Gasteiger partial charge in [-0.1, -0.05) is 31.5 Å². The van der Waals surface area contributed by atoms with Crippen molar-refractivity contribution in [3.8, 4) is 5.75 Å². The predicted molar refractivity (Wildman–Crippen MR) is 137 cm³/mol. The van der Waals surface area contributed by atoms with Crippen LogP contribution in [-0.4, -0.2) is 63.7 Å². The molecule has 2 fully saturated rings. The lowest BCUT2D eigenvalue weighted by Crippen LogP contribution is -2.50. The van der Waals surface area contributed by atoms with Gasteiger partial charge in [-0.3, -0.25) is 14.3 Å². The van der Waals surface area contributed by atoms with Crippen LogP contribution in [0.4, 0.5) is 0 Å². The van der Waals surface area contributed by atoms with Gasteiger partial charge in [0.15, 0.2) is 0 Å². The monoisotopic (exact) mass is 500 g/mol. The average molecular weight is 501 g/mol. The van der Waals surface area contributed by atoms with E-state index in [2.05, 4.69) is 18.9 Å². The Hall–Kier alpha value is -2.54. The molecule has 3 heterocycles. The first-order chi connectivity index (χ1) is 16.9. The number of ether oxygens (including phenoxy) is 1. The number of rotatable bonds is 7. The number of carbonyl (C=O) groups excluding carboxylic acids is 2. The summed E-state index contributed by atoms with van der Waals surface area (Å²) < 4.78 is 8.13. The summed E-state index contributed by atoms with van der Waals surface area (Å²) in [4.78, 5) is 30.6. The Balaban J connectivity index is 1.52. The highest BCUT2D eigenvalue weighted by molar-refractivity contribution is 6.30. The summed E-state index contributed by atoms with van der Waals surface area (Å²) in [6, 6.07) is 9.28. The van der Waals surface area contributed by atoms with Crippen LogP contribution in [0.2, 0.25) is 5.02 Å². The molecule has 0 N–H and O–H groups in total. The smallest absolute Gasteiger partial charge is 0.272 e. The molecule has 8 heteroatoms. The summed E-state index contributed by atoms with van der Waals surface area (Å²) >= 11 is 6.17. The van der Waals surface area contributed by atoms with Crippen LogP contribution < -0.4 is 4.74 Å². The molecule has 2 aromatic rings. The van der Waals surface area contributed by atoms with E-state index < -0.39 is 0 Å². The molecule has 0 aliphatic carbocycles. The first kappa shape index (κ1) is 25.5. The van der Waals surface area contributed by atoms with Crippen LogP contribution in [0.25, 0.3) is 0 Å². The SMILES string of the molecule is CCn1nc(C(C)C)cc1C(=O)N1CC[C@H](Oc2cccc(Cl)c2)[C@@H](CC(=O)N2CCCCC2)C1. The largest absolute Gasteiger partial charge is 0.490 e. The molecular formula is C27H37ClN4O3. The third-order valence-electron chi connectivity index (χ3n) is 7.09. The maximum Gasteiger partial charge on any atom is 0.272 e. The van der Waals surface area contributed by atoms with Gasteiger partial charge in [0, 0.05) is 56.5 Å². The predicted octanol–water partition coefficient (Wildman–Crippen LogP) is 4.99. The van der Waals surface area contributed by atoms with Crippen molar-refractivity contribution in [1.29, 1.82) is 0 Å². The van der Waals surface area contributed by atoms with Crippen molar-refractivity contribution in [2.24, 2.45) is 5.92 Å². The van der Waals surface area contributed by atoms with Gasteiger partial charge in [0.1, 0.15) is 17.5 Å². The van der Waals surface area contributed by atoms with Gasteiger partial charge >= 0.3 is 0 Å². The minimum atomic E-state index is -0.159. The maximum absolute atomic E-state index is 13.6. The first-order valence-corrected chi connectivity index (χ1v) is 13.3. The van der Waals surface area contributed by atoms with Crippen LogP contribution in [-0.2, 0) is 11.3 Å². The minimum absolute atomic E-state index is 0.0251. The number of amides is 2. The zero-order valence-corrected chi connectivity index (χ0v) is 21.8. The second-order valence-corrected chi connectivity index (χ2v) is 10.4. The standard InChI is InChI=1S/C27H37ClN4O3/c1-4-32-24(17-23(29-32)19(2)3)27(34)31-14-11-25(35-22-10-8-9-21(28)16-22)20(18-31)15-26(33)30-12-6-5-7-13-30/h8-10,16-17,19-20,25H,4-7,11-15,18H2,1-3H3/t20-,25-/m0/s1. The van der Waals surface area contributed by atoms with Gasteiger partial charge in [0.25, 0.3) is 5.91 Å². The van der Waals surface area contributed by atoms with Crippen molar-refractivity contribution >= 4 is 23.4 Å². The number of hydrogen-bond donors (Lipinski definition) is 0. The number of hydrogen-bond acceptors (Lipinski definition) is 4. The topological polar surface area (TPSA) is 67.7 Å². The van der Waals surface area contributed by atoms with Crippen molar-refractivity contribution in [3.05, 3.63) is 46.7 Å². The van der Waals surface area contributed by atoms with E-state index in [1.54, 1.807) is 10.7 Å². The summed E-state index contributed by atoms with van der Waals surface area (Å²) in [6.45, 7) is 9.50. The van der Waals surface area contributed by atoms with Gasteiger partial charge in [-0.05, 0) is 56.4 Å². The van der Waals surface area contributed by atoms with E-state index in [4.69, 9.17) is 16.3 Å². The fourth-order valence-corrected chi connectivity index (χ4v) is 5.23. The normalized spacial score (nSPS) is 20.8. The molecule has 2 amide bonds. The molecule has 7 nitrogen and oxygen atoms in total. The number of likely N-dealkylation sites (tertiary alicyclic amines) is 2.